The standard InChI is InChI=1S/C12H15IN2O2/c1-12(17)6-15(7-12)11(16)9-4-3-8(13)5-10(9)14-2/h3-5,14,17H,6-7H2,1-2H3. The second-order valence-corrected chi connectivity index (χ2v) is 5.84. The van der Waals surface area contributed by atoms with Crippen molar-refractivity contribution in [1.29, 1.82) is 0 Å². The zero-order valence-corrected chi connectivity index (χ0v) is 12.0. The molecule has 1 amide bonds. The third-order valence-corrected chi connectivity index (χ3v) is 3.50. The van der Waals surface area contributed by atoms with Gasteiger partial charge in [0.05, 0.1) is 24.3 Å². The highest BCUT2D eigenvalue weighted by molar-refractivity contribution is 14.1. The van der Waals surface area contributed by atoms with Crippen LogP contribution in [0.25, 0.3) is 0 Å². The molecule has 92 valence electrons. The first kappa shape index (κ1) is 12.6. The third-order valence-electron chi connectivity index (χ3n) is 2.83. The van der Waals surface area contributed by atoms with Crippen molar-refractivity contribution in [3.63, 3.8) is 0 Å². The van der Waals surface area contributed by atoms with Crippen LogP contribution < -0.4 is 5.32 Å². The van der Waals surface area contributed by atoms with Crippen molar-refractivity contribution in [1.82, 2.24) is 4.90 Å². The van der Waals surface area contributed by atoms with Crippen LogP contribution in [0.5, 0.6) is 0 Å². The molecule has 0 saturated carbocycles. The predicted molar refractivity (Wildman–Crippen MR) is 75.2 cm³/mol. The zero-order valence-electron chi connectivity index (χ0n) is 9.83. The highest BCUT2D eigenvalue weighted by atomic mass is 127. The summed E-state index contributed by atoms with van der Waals surface area (Å²) in [5, 5.41) is 12.7. The molecule has 1 saturated heterocycles. The lowest BCUT2D eigenvalue weighted by Gasteiger charge is -2.44. The molecule has 17 heavy (non-hydrogen) atoms. The predicted octanol–water partition coefficient (Wildman–Crippen LogP) is 1.54. The molecule has 1 aliphatic rings. The van der Waals surface area contributed by atoms with E-state index >= 15 is 0 Å². The highest BCUT2D eigenvalue weighted by Gasteiger charge is 2.40. The number of rotatable bonds is 2. The Morgan fingerprint density at radius 2 is 2.18 bits per heavy atom. The first-order valence-corrected chi connectivity index (χ1v) is 6.50. The molecule has 0 radical (unpaired) electrons. The van der Waals surface area contributed by atoms with Crippen molar-refractivity contribution in [2.75, 3.05) is 25.5 Å². The second kappa shape index (κ2) is 4.45. The van der Waals surface area contributed by atoms with Gasteiger partial charge in [0, 0.05) is 16.3 Å². The van der Waals surface area contributed by atoms with E-state index < -0.39 is 5.60 Å². The van der Waals surface area contributed by atoms with Gasteiger partial charge >= 0.3 is 0 Å². The Morgan fingerprint density at radius 3 is 2.71 bits per heavy atom. The van der Waals surface area contributed by atoms with Crippen LogP contribution >= 0.6 is 22.6 Å². The summed E-state index contributed by atoms with van der Waals surface area (Å²) in [4.78, 5) is 13.8. The van der Waals surface area contributed by atoms with Gasteiger partial charge in [-0.15, -0.1) is 0 Å². The molecule has 0 bridgehead atoms. The number of β-amino-alcohol motifs (C(OH)–C–C–N with tert-alkyl or cyclic N) is 1. The molecule has 1 heterocycles. The van der Waals surface area contributed by atoms with Crippen LogP contribution in [0.2, 0.25) is 0 Å². The molecule has 2 rings (SSSR count). The number of amides is 1. The monoisotopic (exact) mass is 346 g/mol. The summed E-state index contributed by atoms with van der Waals surface area (Å²) in [7, 11) is 1.80. The lowest BCUT2D eigenvalue weighted by atomic mass is 9.95. The fourth-order valence-electron chi connectivity index (χ4n) is 2.00. The lowest BCUT2D eigenvalue weighted by molar-refractivity contribution is -0.0668. The molecule has 0 aliphatic carbocycles. The Balaban J connectivity index is 2.20. The minimum absolute atomic E-state index is 0.0303. The van der Waals surface area contributed by atoms with Gasteiger partial charge < -0.3 is 15.3 Å². The van der Waals surface area contributed by atoms with E-state index in [1.54, 1.807) is 18.9 Å². The van der Waals surface area contributed by atoms with E-state index in [0.29, 0.717) is 18.7 Å². The van der Waals surface area contributed by atoms with E-state index in [4.69, 9.17) is 0 Å². The molecule has 5 heteroatoms. The van der Waals surface area contributed by atoms with E-state index in [2.05, 4.69) is 27.9 Å². The van der Waals surface area contributed by atoms with E-state index in [-0.39, 0.29) is 5.91 Å². The van der Waals surface area contributed by atoms with Crippen LogP contribution in [-0.4, -0.2) is 41.7 Å². The van der Waals surface area contributed by atoms with Crippen molar-refractivity contribution < 1.29 is 9.90 Å². The number of hydrogen-bond acceptors (Lipinski definition) is 3. The van der Waals surface area contributed by atoms with Crippen LogP contribution in [0.3, 0.4) is 0 Å². The quantitative estimate of drug-likeness (QED) is 0.799. The van der Waals surface area contributed by atoms with Crippen LogP contribution in [0.1, 0.15) is 17.3 Å². The maximum atomic E-state index is 12.2. The van der Waals surface area contributed by atoms with Crippen molar-refractivity contribution in [2.24, 2.45) is 0 Å². The SMILES string of the molecule is CNc1cc(I)ccc1C(=O)N1CC(C)(O)C1. The maximum absolute atomic E-state index is 12.2. The molecule has 2 N–H and O–H groups in total. The van der Waals surface area contributed by atoms with Gasteiger partial charge in [0.1, 0.15) is 0 Å². The summed E-state index contributed by atoms with van der Waals surface area (Å²) in [6, 6.07) is 5.67. The van der Waals surface area contributed by atoms with Crippen LogP contribution in [0.15, 0.2) is 18.2 Å². The Bertz CT molecular complexity index is 452. The fraction of sp³-hybridized carbons (Fsp3) is 0.417. The number of halogens is 1. The molecule has 1 aliphatic heterocycles. The molecule has 0 unspecified atom stereocenters. The van der Waals surface area contributed by atoms with Crippen molar-refractivity contribution in [3.8, 4) is 0 Å². The number of nitrogens with zero attached hydrogens (tertiary/aromatic N) is 1. The zero-order chi connectivity index (χ0) is 12.6. The Morgan fingerprint density at radius 1 is 1.53 bits per heavy atom. The minimum atomic E-state index is -0.724. The molecule has 1 aromatic rings. The molecule has 0 aromatic heterocycles. The summed E-state index contributed by atoms with van der Waals surface area (Å²) in [6.07, 6.45) is 0. The van der Waals surface area contributed by atoms with Crippen molar-refractivity contribution in [3.05, 3.63) is 27.3 Å². The van der Waals surface area contributed by atoms with Gasteiger partial charge in [-0.2, -0.15) is 0 Å². The summed E-state index contributed by atoms with van der Waals surface area (Å²) < 4.78 is 1.08. The number of nitrogens with one attached hydrogen (secondary N) is 1. The van der Waals surface area contributed by atoms with Crippen molar-refractivity contribution >= 4 is 34.2 Å². The summed E-state index contributed by atoms with van der Waals surface area (Å²) >= 11 is 2.21. The molecule has 0 atom stereocenters. The molecule has 1 aromatic carbocycles. The molecule has 0 spiro atoms. The molecule has 4 nitrogen and oxygen atoms in total. The van der Waals surface area contributed by atoms with E-state index in [1.807, 2.05) is 18.2 Å². The number of carbonyl (C=O) groups excluding carboxylic acids is 1. The number of anilines is 1. The number of hydrogen-bond donors (Lipinski definition) is 2. The van der Waals surface area contributed by atoms with Crippen LogP contribution in [0.4, 0.5) is 5.69 Å². The first-order valence-electron chi connectivity index (χ1n) is 5.42. The summed E-state index contributed by atoms with van der Waals surface area (Å²) in [5.74, 6) is -0.0303. The topological polar surface area (TPSA) is 52.6 Å². The van der Waals surface area contributed by atoms with E-state index in [0.717, 1.165) is 9.26 Å². The lowest BCUT2D eigenvalue weighted by Crippen LogP contribution is -2.61. The number of benzene rings is 1. The first-order chi connectivity index (χ1) is 7.93. The van der Waals surface area contributed by atoms with Crippen LogP contribution in [-0.2, 0) is 0 Å². The molecular weight excluding hydrogens is 331 g/mol. The van der Waals surface area contributed by atoms with E-state index in [1.165, 1.54) is 0 Å². The second-order valence-electron chi connectivity index (χ2n) is 4.60. The molecule has 1 fully saturated rings. The fourth-order valence-corrected chi connectivity index (χ4v) is 2.49. The van der Waals surface area contributed by atoms with Gasteiger partial charge in [0.15, 0.2) is 0 Å². The normalized spacial score (nSPS) is 17.5. The van der Waals surface area contributed by atoms with E-state index in [9.17, 15) is 9.90 Å². The van der Waals surface area contributed by atoms with Gasteiger partial charge in [-0.1, -0.05) is 0 Å². The number of aliphatic hydroxyl groups is 1. The Kier molecular flexibility index (Phi) is 3.31. The van der Waals surface area contributed by atoms with Gasteiger partial charge in [-0.25, -0.2) is 0 Å². The number of carbonyl (C=O) groups is 1. The minimum Gasteiger partial charge on any atom is -0.387 e. The average molecular weight is 346 g/mol. The van der Waals surface area contributed by atoms with Gasteiger partial charge in [0.25, 0.3) is 5.91 Å². The Labute approximate surface area is 114 Å². The summed E-state index contributed by atoms with van der Waals surface area (Å²) in [5.41, 5.74) is 0.760. The largest absolute Gasteiger partial charge is 0.387 e. The number of likely N-dealkylation sites (tertiary alicyclic amines) is 1. The van der Waals surface area contributed by atoms with Gasteiger partial charge in [-0.05, 0) is 47.7 Å². The summed E-state index contributed by atoms with van der Waals surface area (Å²) in [6.45, 7) is 2.55. The third kappa shape index (κ3) is 2.55. The van der Waals surface area contributed by atoms with Gasteiger partial charge in [-0.3, -0.25) is 4.79 Å². The highest BCUT2D eigenvalue weighted by Crippen LogP contribution is 2.26. The molecular formula is C12H15IN2O2. The Hall–Kier alpha value is -0.820. The average Bonchev–Trinajstić information content (AvgIpc) is 2.24. The smallest absolute Gasteiger partial charge is 0.256 e. The van der Waals surface area contributed by atoms with Crippen molar-refractivity contribution in [2.45, 2.75) is 12.5 Å². The maximum Gasteiger partial charge on any atom is 0.256 e. The van der Waals surface area contributed by atoms with Crippen LogP contribution in [0, 0.1) is 3.57 Å². The van der Waals surface area contributed by atoms with Gasteiger partial charge in [0.2, 0.25) is 0 Å².